The molecule has 24 heavy (non-hydrogen) atoms. The fourth-order valence-electron chi connectivity index (χ4n) is 3.24. The molecule has 0 saturated carbocycles. The molecule has 1 aliphatic rings. The van der Waals surface area contributed by atoms with E-state index in [1.54, 1.807) is 17.2 Å². The van der Waals surface area contributed by atoms with Gasteiger partial charge in [-0.15, -0.1) is 0 Å². The average Bonchev–Trinajstić information content (AvgIpc) is 3.35. The van der Waals surface area contributed by atoms with Gasteiger partial charge in [-0.05, 0) is 25.0 Å². The summed E-state index contributed by atoms with van der Waals surface area (Å²) in [5.74, 6) is 1.24. The van der Waals surface area contributed by atoms with Gasteiger partial charge < -0.3 is 9.88 Å². The molecule has 1 aromatic carbocycles. The van der Waals surface area contributed by atoms with Crippen LogP contribution in [0, 0.1) is 0 Å². The third kappa shape index (κ3) is 2.68. The van der Waals surface area contributed by atoms with Gasteiger partial charge in [0, 0.05) is 31.4 Å². The van der Waals surface area contributed by atoms with E-state index < -0.39 is 0 Å². The van der Waals surface area contributed by atoms with Crippen LogP contribution < -0.4 is 0 Å². The normalized spacial score (nSPS) is 17.8. The lowest BCUT2D eigenvalue weighted by Gasteiger charge is -2.32. The molecule has 1 atom stereocenters. The van der Waals surface area contributed by atoms with E-state index >= 15 is 0 Å². The van der Waals surface area contributed by atoms with Gasteiger partial charge >= 0.3 is 0 Å². The Balaban J connectivity index is 1.60. The number of benzene rings is 1. The molecule has 4 rings (SSSR count). The SMILES string of the molecule is O=C(c1ccccc1-n1cncn1)N1CCC[C@H](c2ncc[nH]2)C1. The third-order valence-corrected chi connectivity index (χ3v) is 4.41. The number of para-hydroxylation sites is 1. The smallest absolute Gasteiger partial charge is 0.256 e. The van der Waals surface area contributed by atoms with E-state index in [-0.39, 0.29) is 11.8 Å². The van der Waals surface area contributed by atoms with Crippen LogP contribution in [0.4, 0.5) is 0 Å². The summed E-state index contributed by atoms with van der Waals surface area (Å²) in [6.07, 6.45) is 8.68. The fourth-order valence-corrected chi connectivity index (χ4v) is 3.24. The molecule has 0 radical (unpaired) electrons. The van der Waals surface area contributed by atoms with Crippen LogP contribution in [-0.4, -0.2) is 48.6 Å². The fraction of sp³-hybridized carbons (Fsp3) is 0.294. The molecular formula is C17H18N6O. The van der Waals surface area contributed by atoms with Crippen molar-refractivity contribution >= 4 is 5.91 Å². The van der Waals surface area contributed by atoms with E-state index in [4.69, 9.17) is 0 Å². The van der Waals surface area contributed by atoms with E-state index in [0.717, 1.165) is 30.9 Å². The van der Waals surface area contributed by atoms with Gasteiger partial charge in [-0.25, -0.2) is 14.6 Å². The van der Waals surface area contributed by atoms with Crippen LogP contribution in [0.2, 0.25) is 0 Å². The Labute approximate surface area is 139 Å². The molecular weight excluding hydrogens is 304 g/mol. The van der Waals surface area contributed by atoms with Crippen LogP contribution >= 0.6 is 0 Å². The van der Waals surface area contributed by atoms with Crippen LogP contribution in [0.1, 0.15) is 34.9 Å². The van der Waals surface area contributed by atoms with Gasteiger partial charge in [0.25, 0.3) is 5.91 Å². The topological polar surface area (TPSA) is 79.7 Å². The first kappa shape index (κ1) is 14.6. The van der Waals surface area contributed by atoms with Crippen LogP contribution in [0.5, 0.6) is 0 Å². The Kier molecular flexibility index (Phi) is 3.82. The van der Waals surface area contributed by atoms with Crippen LogP contribution in [0.25, 0.3) is 5.69 Å². The number of likely N-dealkylation sites (tertiary alicyclic amines) is 1. The molecule has 0 spiro atoms. The van der Waals surface area contributed by atoms with Crippen molar-refractivity contribution in [2.75, 3.05) is 13.1 Å². The summed E-state index contributed by atoms with van der Waals surface area (Å²) in [4.78, 5) is 26.5. The standard InChI is InChI=1S/C17H18N6O/c24-17(14-5-1-2-6-15(14)23-12-18-11-21-23)22-9-3-4-13(10-22)16-19-7-8-20-16/h1-2,5-8,11-13H,3-4,9-10H2,(H,19,20)/t13-/m0/s1. The first-order valence-electron chi connectivity index (χ1n) is 8.05. The van der Waals surface area contributed by atoms with Crippen molar-refractivity contribution < 1.29 is 4.79 Å². The number of aromatic nitrogens is 5. The molecule has 1 amide bonds. The maximum absolute atomic E-state index is 13.1. The first-order valence-corrected chi connectivity index (χ1v) is 8.05. The number of imidazole rings is 1. The van der Waals surface area contributed by atoms with E-state index in [0.29, 0.717) is 12.1 Å². The number of H-pyrrole nitrogens is 1. The van der Waals surface area contributed by atoms with Gasteiger partial charge in [-0.3, -0.25) is 4.79 Å². The number of nitrogens with zero attached hydrogens (tertiary/aromatic N) is 5. The molecule has 1 saturated heterocycles. The lowest BCUT2D eigenvalue weighted by molar-refractivity contribution is 0.0704. The summed E-state index contributed by atoms with van der Waals surface area (Å²) in [7, 11) is 0. The van der Waals surface area contributed by atoms with E-state index in [1.807, 2.05) is 35.4 Å². The quantitative estimate of drug-likeness (QED) is 0.800. The first-order chi connectivity index (χ1) is 11.8. The highest BCUT2D eigenvalue weighted by molar-refractivity contribution is 5.97. The second-order valence-corrected chi connectivity index (χ2v) is 5.92. The molecule has 3 heterocycles. The van der Waals surface area contributed by atoms with Crippen molar-refractivity contribution in [2.45, 2.75) is 18.8 Å². The third-order valence-electron chi connectivity index (χ3n) is 4.41. The minimum absolute atomic E-state index is 0.0253. The number of piperidine rings is 1. The van der Waals surface area contributed by atoms with Gasteiger partial charge in [0.15, 0.2) is 0 Å². The van der Waals surface area contributed by atoms with Gasteiger partial charge in [0.1, 0.15) is 18.5 Å². The minimum atomic E-state index is 0.0253. The zero-order valence-corrected chi connectivity index (χ0v) is 13.2. The Morgan fingerprint density at radius 1 is 1.29 bits per heavy atom. The molecule has 1 N–H and O–H groups in total. The van der Waals surface area contributed by atoms with Crippen molar-refractivity contribution in [1.82, 2.24) is 29.6 Å². The van der Waals surface area contributed by atoms with Crippen molar-refractivity contribution in [3.05, 3.63) is 60.7 Å². The van der Waals surface area contributed by atoms with Crippen LogP contribution in [0.15, 0.2) is 49.3 Å². The molecule has 2 aromatic heterocycles. The lowest BCUT2D eigenvalue weighted by Crippen LogP contribution is -2.39. The molecule has 7 heteroatoms. The zero-order valence-electron chi connectivity index (χ0n) is 13.2. The van der Waals surface area contributed by atoms with Gasteiger partial charge in [0.2, 0.25) is 0 Å². The largest absolute Gasteiger partial charge is 0.348 e. The molecule has 0 unspecified atom stereocenters. The lowest BCUT2D eigenvalue weighted by atomic mass is 9.96. The molecule has 122 valence electrons. The van der Waals surface area contributed by atoms with Gasteiger partial charge in [-0.2, -0.15) is 5.10 Å². The second kappa shape index (κ2) is 6.27. The van der Waals surface area contributed by atoms with Crippen molar-refractivity contribution in [3.8, 4) is 5.69 Å². The average molecular weight is 322 g/mol. The second-order valence-electron chi connectivity index (χ2n) is 5.92. The Morgan fingerprint density at radius 2 is 2.21 bits per heavy atom. The van der Waals surface area contributed by atoms with E-state index in [2.05, 4.69) is 20.1 Å². The molecule has 0 bridgehead atoms. The number of carbonyl (C=O) groups is 1. The van der Waals surface area contributed by atoms with Crippen LogP contribution in [0.3, 0.4) is 0 Å². The number of rotatable bonds is 3. The highest BCUT2D eigenvalue weighted by atomic mass is 16.2. The van der Waals surface area contributed by atoms with Gasteiger partial charge in [0.05, 0.1) is 11.3 Å². The monoisotopic (exact) mass is 322 g/mol. The Hall–Kier alpha value is -2.96. The summed E-state index contributed by atoms with van der Waals surface area (Å²) < 4.78 is 1.63. The summed E-state index contributed by atoms with van der Waals surface area (Å²) in [6, 6.07) is 7.50. The van der Waals surface area contributed by atoms with Gasteiger partial charge in [-0.1, -0.05) is 12.1 Å². The maximum Gasteiger partial charge on any atom is 0.256 e. The summed E-state index contributed by atoms with van der Waals surface area (Å²) in [5.41, 5.74) is 1.39. The number of carbonyl (C=O) groups excluding carboxylic acids is 1. The molecule has 0 aliphatic carbocycles. The minimum Gasteiger partial charge on any atom is -0.348 e. The Bertz CT molecular complexity index is 811. The predicted molar refractivity (Wildman–Crippen MR) is 87.8 cm³/mol. The number of amides is 1. The zero-order chi connectivity index (χ0) is 16.4. The molecule has 1 aliphatic heterocycles. The number of hydrogen-bond donors (Lipinski definition) is 1. The van der Waals surface area contributed by atoms with Crippen LogP contribution in [-0.2, 0) is 0 Å². The Morgan fingerprint density at radius 3 is 3.00 bits per heavy atom. The number of aromatic amines is 1. The molecule has 7 nitrogen and oxygen atoms in total. The number of hydrogen-bond acceptors (Lipinski definition) is 4. The van der Waals surface area contributed by atoms with Crippen molar-refractivity contribution in [3.63, 3.8) is 0 Å². The molecule has 1 fully saturated rings. The van der Waals surface area contributed by atoms with Crippen molar-refractivity contribution in [2.24, 2.45) is 0 Å². The summed E-state index contributed by atoms with van der Waals surface area (Å²) >= 11 is 0. The van der Waals surface area contributed by atoms with E-state index in [1.165, 1.54) is 6.33 Å². The summed E-state index contributed by atoms with van der Waals surface area (Å²) in [6.45, 7) is 1.44. The molecule has 3 aromatic rings. The van der Waals surface area contributed by atoms with E-state index in [9.17, 15) is 4.79 Å². The highest BCUT2D eigenvalue weighted by Crippen LogP contribution is 2.26. The number of nitrogens with one attached hydrogen (secondary N) is 1. The highest BCUT2D eigenvalue weighted by Gasteiger charge is 2.28. The summed E-state index contributed by atoms with van der Waals surface area (Å²) in [5, 5.41) is 4.15. The maximum atomic E-state index is 13.1. The van der Waals surface area contributed by atoms with Crippen molar-refractivity contribution in [1.29, 1.82) is 0 Å². The predicted octanol–water partition coefficient (Wildman–Crippen LogP) is 2.01.